The van der Waals surface area contributed by atoms with Gasteiger partial charge >= 0.3 is 5.97 Å². The van der Waals surface area contributed by atoms with E-state index >= 15 is 0 Å². The molecular weight excluding hydrogens is 350 g/mol. The minimum atomic E-state index is -0.989. The van der Waals surface area contributed by atoms with Crippen LogP contribution < -0.4 is 10.6 Å². The Morgan fingerprint density at radius 3 is 2.07 bits per heavy atom. The highest BCUT2D eigenvalue weighted by Crippen LogP contribution is 2.27. The highest BCUT2D eigenvalue weighted by atomic mass is 16.4. The molecule has 0 radical (unpaired) electrons. The molecule has 28 heavy (non-hydrogen) atoms. The Morgan fingerprint density at radius 1 is 0.893 bits per heavy atom. The number of carboxylic acids is 1. The second kappa shape index (κ2) is 9.37. The molecule has 0 fully saturated rings. The average Bonchev–Trinajstić information content (AvgIpc) is 2.72. The van der Waals surface area contributed by atoms with Gasteiger partial charge in [-0.05, 0) is 35.7 Å². The van der Waals surface area contributed by atoms with Crippen LogP contribution in [0.2, 0.25) is 0 Å². The summed E-state index contributed by atoms with van der Waals surface area (Å²) < 4.78 is 0. The number of aromatic carboxylic acids is 1. The zero-order valence-electron chi connectivity index (χ0n) is 15.4. The zero-order chi connectivity index (χ0) is 19.8. The summed E-state index contributed by atoms with van der Waals surface area (Å²) in [5.74, 6) is -0.614. The first-order chi connectivity index (χ1) is 13.6. The van der Waals surface area contributed by atoms with Crippen LogP contribution in [0.25, 0.3) is 0 Å². The third-order valence-corrected chi connectivity index (χ3v) is 4.52. The lowest BCUT2D eigenvalue weighted by molar-refractivity contribution is 0.0697. The van der Waals surface area contributed by atoms with Gasteiger partial charge < -0.3 is 15.7 Å². The van der Waals surface area contributed by atoms with Crippen molar-refractivity contribution in [1.82, 2.24) is 5.32 Å². The maximum absolute atomic E-state index is 11.1. The van der Waals surface area contributed by atoms with Crippen molar-refractivity contribution >= 4 is 17.6 Å². The highest BCUT2D eigenvalue weighted by Gasteiger charge is 2.13. The fourth-order valence-electron chi connectivity index (χ4n) is 3.16. The molecule has 0 aromatic heterocycles. The fourth-order valence-corrected chi connectivity index (χ4v) is 3.16. The molecule has 3 aromatic carbocycles. The summed E-state index contributed by atoms with van der Waals surface area (Å²) in [5, 5.41) is 23.1. The Morgan fingerprint density at radius 2 is 1.50 bits per heavy atom. The molecule has 0 atom stereocenters. The van der Waals surface area contributed by atoms with Gasteiger partial charge in [-0.3, -0.25) is 5.41 Å². The molecule has 0 bridgehead atoms. The first kappa shape index (κ1) is 19.2. The first-order valence-corrected chi connectivity index (χ1v) is 9.16. The van der Waals surface area contributed by atoms with Gasteiger partial charge in [0.2, 0.25) is 0 Å². The monoisotopic (exact) mass is 373 g/mol. The van der Waals surface area contributed by atoms with E-state index in [1.54, 1.807) is 12.1 Å². The maximum Gasteiger partial charge on any atom is 0.335 e. The van der Waals surface area contributed by atoms with Crippen LogP contribution in [0.5, 0.6) is 0 Å². The van der Waals surface area contributed by atoms with E-state index in [2.05, 4.69) is 34.9 Å². The summed E-state index contributed by atoms with van der Waals surface area (Å²) >= 11 is 0. The lowest BCUT2D eigenvalue weighted by atomic mass is 9.88. The predicted molar refractivity (Wildman–Crippen MR) is 112 cm³/mol. The third kappa shape index (κ3) is 5.20. The van der Waals surface area contributed by atoms with Crippen LogP contribution in [-0.2, 0) is 0 Å². The van der Waals surface area contributed by atoms with Gasteiger partial charge in [0.05, 0.1) is 5.56 Å². The van der Waals surface area contributed by atoms with Crippen molar-refractivity contribution in [2.24, 2.45) is 0 Å². The second-order valence-electron chi connectivity index (χ2n) is 6.48. The maximum atomic E-state index is 11.1. The fraction of sp³-hybridized carbons (Fsp3) is 0.130. The summed E-state index contributed by atoms with van der Waals surface area (Å²) in [6, 6.07) is 27.1. The second-order valence-corrected chi connectivity index (χ2v) is 6.48. The van der Waals surface area contributed by atoms with Crippen LogP contribution in [0, 0.1) is 5.41 Å². The van der Waals surface area contributed by atoms with Gasteiger partial charge in [-0.15, -0.1) is 0 Å². The molecule has 3 rings (SSSR count). The number of benzene rings is 3. The normalized spacial score (nSPS) is 10.5. The number of hydrogen-bond acceptors (Lipinski definition) is 2. The Bertz CT molecular complexity index is 887. The van der Waals surface area contributed by atoms with Crippen LogP contribution in [0.15, 0.2) is 84.9 Å². The van der Waals surface area contributed by atoms with E-state index in [4.69, 9.17) is 10.5 Å². The number of guanidine groups is 1. The summed E-state index contributed by atoms with van der Waals surface area (Å²) in [6.45, 7) is 0.610. The van der Waals surface area contributed by atoms with E-state index in [9.17, 15) is 4.79 Å². The Balaban J connectivity index is 1.60. The quantitative estimate of drug-likeness (QED) is 0.362. The van der Waals surface area contributed by atoms with Gasteiger partial charge in [0.1, 0.15) is 0 Å². The first-order valence-electron chi connectivity index (χ1n) is 9.16. The molecule has 0 saturated heterocycles. The number of rotatable bonds is 7. The van der Waals surface area contributed by atoms with E-state index in [0.29, 0.717) is 12.2 Å². The van der Waals surface area contributed by atoms with Gasteiger partial charge in [-0.25, -0.2) is 4.79 Å². The van der Waals surface area contributed by atoms with Crippen molar-refractivity contribution in [3.05, 3.63) is 102 Å². The number of carboxylic acid groups (broad SMARTS) is 1. The van der Waals surface area contributed by atoms with Crippen LogP contribution in [0.4, 0.5) is 5.69 Å². The number of nitrogens with one attached hydrogen (secondary N) is 3. The molecular formula is C23H23N3O2. The van der Waals surface area contributed by atoms with E-state index in [1.807, 2.05) is 36.4 Å². The molecule has 5 heteroatoms. The topological polar surface area (TPSA) is 85.2 Å². The molecule has 0 saturated carbocycles. The molecule has 142 valence electrons. The molecule has 0 unspecified atom stereocenters. The van der Waals surface area contributed by atoms with Crippen molar-refractivity contribution in [2.45, 2.75) is 12.3 Å². The summed E-state index contributed by atoms with van der Waals surface area (Å²) in [6.07, 6.45) is 0.827. The molecule has 0 amide bonds. The van der Waals surface area contributed by atoms with Crippen molar-refractivity contribution < 1.29 is 9.90 Å². The van der Waals surface area contributed by atoms with E-state index in [0.717, 1.165) is 6.42 Å². The molecule has 3 aromatic rings. The molecule has 4 N–H and O–H groups in total. The predicted octanol–water partition coefficient (Wildman–Crippen LogP) is 4.54. The molecule has 0 spiro atoms. The van der Waals surface area contributed by atoms with Crippen LogP contribution in [-0.4, -0.2) is 23.6 Å². The van der Waals surface area contributed by atoms with Crippen molar-refractivity contribution in [1.29, 1.82) is 5.41 Å². The van der Waals surface area contributed by atoms with Crippen LogP contribution >= 0.6 is 0 Å². The van der Waals surface area contributed by atoms with E-state index < -0.39 is 5.97 Å². The largest absolute Gasteiger partial charge is 0.478 e. The lowest BCUT2D eigenvalue weighted by Crippen LogP contribution is -2.31. The highest BCUT2D eigenvalue weighted by molar-refractivity contribution is 5.94. The van der Waals surface area contributed by atoms with Crippen molar-refractivity contribution in [3.63, 3.8) is 0 Å². The number of carbonyl (C=O) groups is 1. The smallest absolute Gasteiger partial charge is 0.335 e. The SMILES string of the molecule is N=C(NCCC(c1ccccc1)c1ccccc1)Nc1cccc(C(=O)O)c1. The number of hydrogen-bond donors (Lipinski definition) is 4. The van der Waals surface area contributed by atoms with E-state index in [-0.39, 0.29) is 17.4 Å². The van der Waals surface area contributed by atoms with Crippen LogP contribution in [0.3, 0.4) is 0 Å². The molecule has 0 heterocycles. The van der Waals surface area contributed by atoms with Crippen LogP contribution in [0.1, 0.15) is 33.8 Å². The lowest BCUT2D eigenvalue weighted by Gasteiger charge is -2.19. The molecule has 0 aliphatic heterocycles. The Hall–Kier alpha value is -3.60. The Kier molecular flexibility index (Phi) is 6.41. The average molecular weight is 373 g/mol. The minimum absolute atomic E-state index is 0.141. The van der Waals surface area contributed by atoms with Gasteiger partial charge in [0.25, 0.3) is 0 Å². The summed E-state index contributed by atoms with van der Waals surface area (Å²) in [5.41, 5.74) is 3.24. The van der Waals surface area contributed by atoms with Gasteiger partial charge in [0.15, 0.2) is 5.96 Å². The van der Waals surface area contributed by atoms with Crippen molar-refractivity contribution in [2.75, 3.05) is 11.9 Å². The Labute approximate surface area is 164 Å². The van der Waals surface area contributed by atoms with E-state index in [1.165, 1.54) is 23.3 Å². The van der Waals surface area contributed by atoms with Gasteiger partial charge in [-0.2, -0.15) is 0 Å². The molecule has 0 aliphatic carbocycles. The summed E-state index contributed by atoms with van der Waals surface area (Å²) in [7, 11) is 0. The van der Waals surface area contributed by atoms with Crippen molar-refractivity contribution in [3.8, 4) is 0 Å². The minimum Gasteiger partial charge on any atom is -0.478 e. The molecule has 5 nitrogen and oxygen atoms in total. The zero-order valence-corrected chi connectivity index (χ0v) is 15.4. The third-order valence-electron chi connectivity index (χ3n) is 4.52. The number of anilines is 1. The molecule has 0 aliphatic rings. The van der Waals surface area contributed by atoms with Gasteiger partial charge in [-0.1, -0.05) is 66.7 Å². The summed E-state index contributed by atoms with van der Waals surface area (Å²) in [4.78, 5) is 11.1. The van der Waals surface area contributed by atoms with Gasteiger partial charge in [0, 0.05) is 18.2 Å². The standard InChI is InChI=1S/C23H23N3O2/c24-23(26-20-13-7-12-19(16-20)22(27)28)25-15-14-21(17-8-3-1-4-9-17)18-10-5-2-6-11-18/h1-13,16,21H,14-15H2,(H,27,28)(H3,24,25,26).